The highest BCUT2D eigenvalue weighted by atomic mass is 35.5. The van der Waals surface area contributed by atoms with Crippen molar-refractivity contribution >= 4 is 46.6 Å². The number of nitrogens with zero attached hydrogens (tertiary/aromatic N) is 4. The number of hydrogen-bond donors (Lipinski definition) is 0. The molecule has 4 nitrogen and oxygen atoms in total. The Hall–Kier alpha value is -1.92. The zero-order chi connectivity index (χ0) is 19.0. The molecule has 4 rings (SSSR count). The topological polar surface area (TPSA) is 35.6 Å². The van der Waals surface area contributed by atoms with Crippen LogP contribution in [0.4, 0.5) is 0 Å². The Morgan fingerprint density at radius 1 is 0.963 bits per heavy atom. The van der Waals surface area contributed by atoms with Gasteiger partial charge in [-0.3, -0.25) is 0 Å². The molecular formula is C19H13Cl3N4S. The van der Waals surface area contributed by atoms with Crippen LogP contribution in [0.25, 0.3) is 22.6 Å². The van der Waals surface area contributed by atoms with Crippen LogP contribution in [-0.2, 0) is 0 Å². The minimum atomic E-state index is 0.474. The standard InChI is InChI=1S/C19H13Cl3N4S/c1-27-19-18(25-9-8-23-11-25)17(12-2-4-13(20)5-3-12)26(24-19)14-6-7-15(21)16(22)10-14/h2-11H,1H3. The lowest BCUT2D eigenvalue weighted by atomic mass is 10.1. The highest BCUT2D eigenvalue weighted by Crippen LogP contribution is 2.37. The summed E-state index contributed by atoms with van der Waals surface area (Å²) in [5.41, 5.74) is 3.64. The van der Waals surface area contributed by atoms with Gasteiger partial charge in [0.25, 0.3) is 0 Å². The van der Waals surface area contributed by atoms with Gasteiger partial charge in [-0.2, -0.15) is 5.10 Å². The van der Waals surface area contributed by atoms with Gasteiger partial charge in [-0.05, 0) is 36.6 Å². The maximum absolute atomic E-state index is 6.25. The lowest BCUT2D eigenvalue weighted by molar-refractivity contribution is 0.842. The number of thioether (sulfide) groups is 1. The molecule has 0 aliphatic heterocycles. The van der Waals surface area contributed by atoms with Crippen LogP contribution in [0.5, 0.6) is 0 Å². The Morgan fingerprint density at radius 2 is 1.74 bits per heavy atom. The molecule has 0 saturated heterocycles. The molecule has 2 heterocycles. The van der Waals surface area contributed by atoms with E-state index in [4.69, 9.17) is 39.9 Å². The molecule has 4 aromatic rings. The normalized spacial score (nSPS) is 11.1. The fourth-order valence-electron chi connectivity index (χ4n) is 2.82. The summed E-state index contributed by atoms with van der Waals surface area (Å²) in [5.74, 6) is 0. The van der Waals surface area contributed by atoms with E-state index in [-0.39, 0.29) is 0 Å². The van der Waals surface area contributed by atoms with Crippen molar-refractivity contribution in [3.63, 3.8) is 0 Å². The summed E-state index contributed by atoms with van der Waals surface area (Å²) in [5, 5.41) is 7.33. The van der Waals surface area contributed by atoms with Crippen LogP contribution in [-0.4, -0.2) is 25.6 Å². The van der Waals surface area contributed by atoms with E-state index in [2.05, 4.69) is 4.98 Å². The van der Waals surface area contributed by atoms with Gasteiger partial charge in [0.2, 0.25) is 0 Å². The van der Waals surface area contributed by atoms with Crippen LogP contribution in [0, 0.1) is 0 Å². The van der Waals surface area contributed by atoms with Crippen molar-refractivity contribution < 1.29 is 0 Å². The zero-order valence-corrected chi connectivity index (χ0v) is 17.2. The molecule has 0 atom stereocenters. The van der Waals surface area contributed by atoms with Crippen molar-refractivity contribution in [3.8, 4) is 22.6 Å². The third-order valence-electron chi connectivity index (χ3n) is 4.05. The van der Waals surface area contributed by atoms with Gasteiger partial charge in [0.15, 0.2) is 0 Å². The number of aromatic nitrogens is 4. The highest BCUT2D eigenvalue weighted by Gasteiger charge is 2.22. The van der Waals surface area contributed by atoms with Crippen molar-refractivity contribution in [2.24, 2.45) is 0 Å². The molecule has 8 heteroatoms. The molecule has 0 N–H and O–H groups in total. The molecule has 2 aromatic carbocycles. The first-order valence-electron chi connectivity index (χ1n) is 7.95. The van der Waals surface area contributed by atoms with Gasteiger partial charge in [-0.1, -0.05) is 46.9 Å². The van der Waals surface area contributed by atoms with E-state index in [0.717, 1.165) is 27.7 Å². The Kier molecular flexibility index (Phi) is 5.19. The van der Waals surface area contributed by atoms with E-state index in [0.29, 0.717) is 15.1 Å². The van der Waals surface area contributed by atoms with E-state index < -0.39 is 0 Å². The molecule has 0 unspecified atom stereocenters. The SMILES string of the molecule is CSc1nn(-c2ccc(Cl)c(Cl)c2)c(-c2ccc(Cl)cc2)c1-n1ccnc1. The highest BCUT2D eigenvalue weighted by molar-refractivity contribution is 7.98. The lowest BCUT2D eigenvalue weighted by Gasteiger charge is -2.11. The molecule has 136 valence electrons. The minimum absolute atomic E-state index is 0.474. The summed E-state index contributed by atoms with van der Waals surface area (Å²) < 4.78 is 3.82. The summed E-state index contributed by atoms with van der Waals surface area (Å²) in [7, 11) is 0. The average Bonchev–Trinajstić information content (AvgIpc) is 3.31. The van der Waals surface area contributed by atoms with Gasteiger partial charge in [0, 0.05) is 23.0 Å². The zero-order valence-electron chi connectivity index (χ0n) is 14.1. The monoisotopic (exact) mass is 434 g/mol. The van der Waals surface area contributed by atoms with E-state index in [1.54, 1.807) is 36.4 Å². The molecule has 0 amide bonds. The number of imidazole rings is 1. The molecule has 0 saturated carbocycles. The van der Waals surface area contributed by atoms with Gasteiger partial charge < -0.3 is 4.57 Å². The molecular weight excluding hydrogens is 423 g/mol. The van der Waals surface area contributed by atoms with Crippen molar-refractivity contribution in [2.75, 3.05) is 6.26 Å². The fourth-order valence-corrected chi connectivity index (χ4v) is 3.80. The second-order valence-electron chi connectivity index (χ2n) is 5.69. The van der Waals surface area contributed by atoms with Gasteiger partial charge in [-0.15, -0.1) is 11.8 Å². The molecule has 2 aromatic heterocycles. The van der Waals surface area contributed by atoms with Gasteiger partial charge in [-0.25, -0.2) is 9.67 Å². The summed E-state index contributed by atoms with van der Waals surface area (Å²) in [6.45, 7) is 0. The molecule has 0 aliphatic carbocycles. The number of rotatable bonds is 4. The Morgan fingerprint density at radius 3 is 2.37 bits per heavy atom. The molecule has 0 bridgehead atoms. The quantitative estimate of drug-likeness (QED) is 0.348. The molecule has 0 aliphatic rings. The molecule has 27 heavy (non-hydrogen) atoms. The van der Waals surface area contributed by atoms with Crippen LogP contribution in [0.2, 0.25) is 15.1 Å². The van der Waals surface area contributed by atoms with Gasteiger partial charge in [0.05, 0.1) is 27.8 Å². The van der Waals surface area contributed by atoms with Gasteiger partial charge >= 0.3 is 0 Å². The average molecular weight is 436 g/mol. The second kappa shape index (κ2) is 7.60. The first-order chi connectivity index (χ1) is 13.1. The van der Waals surface area contributed by atoms with Crippen molar-refractivity contribution in [1.82, 2.24) is 19.3 Å². The molecule has 0 fully saturated rings. The number of hydrogen-bond acceptors (Lipinski definition) is 3. The Bertz CT molecular complexity index is 1090. The number of halogens is 3. The largest absolute Gasteiger partial charge is 0.302 e. The summed E-state index contributed by atoms with van der Waals surface area (Å²) in [4.78, 5) is 4.19. The van der Waals surface area contributed by atoms with Crippen LogP contribution >= 0.6 is 46.6 Å². The summed E-state index contributed by atoms with van der Waals surface area (Å²) in [6, 6.07) is 13.1. The second-order valence-corrected chi connectivity index (χ2v) is 7.74. The predicted octanol–water partition coefficient (Wildman–Crippen LogP) is 6.41. The smallest absolute Gasteiger partial charge is 0.143 e. The van der Waals surface area contributed by atoms with Gasteiger partial charge in [0.1, 0.15) is 10.7 Å². The minimum Gasteiger partial charge on any atom is -0.302 e. The third kappa shape index (κ3) is 3.48. The van der Waals surface area contributed by atoms with E-state index in [1.807, 2.05) is 52.0 Å². The molecule has 0 radical (unpaired) electrons. The third-order valence-corrected chi connectivity index (χ3v) is 5.70. The summed E-state index contributed by atoms with van der Waals surface area (Å²) in [6.07, 6.45) is 7.39. The maximum atomic E-state index is 6.25. The van der Waals surface area contributed by atoms with Crippen molar-refractivity contribution in [1.29, 1.82) is 0 Å². The fraction of sp³-hybridized carbons (Fsp3) is 0.0526. The summed E-state index contributed by atoms with van der Waals surface area (Å²) >= 11 is 20.0. The Labute approximate surface area is 175 Å². The number of benzene rings is 2. The van der Waals surface area contributed by atoms with Crippen molar-refractivity contribution in [3.05, 3.63) is 76.3 Å². The van der Waals surface area contributed by atoms with E-state index in [1.165, 1.54) is 0 Å². The van der Waals surface area contributed by atoms with E-state index >= 15 is 0 Å². The predicted molar refractivity (Wildman–Crippen MR) is 113 cm³/mol. The Balaban J connectivity index is 2.03. The van der Waals surface area contributed by atoms with Crippen molar-refractivity contribution in [2.45, 2.75) is 5.03 Å². The first-order valence-corrected chi connectivity index (χ1v) is 10.3. The van der Waals surface area contributed by atoms with Crippen LogP contribution in [0.15, 0.2) is 66.2 Å². The first kappa shape index (κ1) is 18.4. The lowest BCUT2D eigenvalue weighted by Crippen LogP contribution is -2.01. The van der Waals surface area contributed by atoms with Crippen LogP contribution in [0.1, 0.15) is 0 Å². The van der Waals surface area contributed by atoms with Crippen LogP contribution in [0.3, 0.4) is 0 Å². The molecule has 0 spiro atoms. The van der Waals surface area contributed by atoms with E-state index in [9.17, 15) is 0 Å². The maximum Gasteiger partial charge on any atom is 0.143 e. The van der Waals surface area contributed by atoms with Crippen LogP contribution < -0.4 is 0 Å².